The van der Waals surface area contributed by atoms with Gasteiger partial charge in [0, 0.05) is 6.07 Å². The molecule has 0 aliphatic heterocycles. The predicted octanol–water partition coefficient (Wildman–Crippen LogP) is 1.84. The molecule has 1 aromatic rings. The highest BCUT2D eigenvalue weighted by atomic mass is 35.5. The highest BCUT2D eigenvalue weighted by molar-refractivity contribution is 6.29. The summed E-state index contributed by atoms with van der Waals surface area (Å²) in [5, 5.41) is 0.353. The molecule has 0 saturated heterocycles. The molecule has 1 rings (SSSR count). The van der Waals surface area contributed by atoms with Crippen molar-refractivity contribution in [1.29, 1.82) is 0 Å². The van der Waals surface area contributed by atoms with Crippen LogP contribution in [0.5, 0.6) is 5.88 Å². The number of rotatable bonds is 2. The summed E-state index contributed by atoms with van der Waals surface area (Å²) < 4.78 is 5.25. The van der Waals surface area contributed by atoms with Crippen LogP contribution in [0.1, 0.15) is 12.7 Å². The van der Waals surface area contributed by atoms with E-state index in [4.69, 9.17) is 22.8 Å². The molecule has 0 spiro atoms. The van der Waals surface area contributed by atoms with Gasteiger partial charge in [-0.1, -0.05) is 17.5 Å². The second-order valence-electron chi connectivity index (χ2n) is 2.50. The van der Waals surface area contributed by atoms with Gasteiger partial charge in [-0.3, -0.25) is 0 Å². The molecule has 1 atom stereocenters. The van der Waals surface area contributed by atoms with Crippen molar-refractivity contribution in [3.63, 3.8) is 0 Å². The first-order valence-electron chi connectivity index (χ1n) is 3.76. The van der Waals surface area contributed by atoms with Crippen LogP contribution in [-0.4, -0.2) is 16.1 Å². The molecular weight excluding hydrogens is 188 g/mol. The van der Waals surface area contributed by atoms with Crippen LogP contribution in [0.25, 0.3) is 0 Å². The molecule has 0 fully saturated rings. The molecule has 0 radical (unpaired) electrons. The minimum atomic E-state index is -0.314. The summed E-state index contributed by atoms with van der Waals surface area (Å²) in [4.78, 5) is 7.90. The Kier molecular flexibility index (Phi) is 3.10. The Morgan fingerprint density at radius 1 is 1.62 bits per heavy atom. The molecule has 0 aliphatic rings. The lowest BCUT2D eigenvalue weighted by Gasteiger charge is -2.07. The third kappa shape index (κ3) is 2.92. The van der Waals surface area contributed by atoms with Crippen molar-refractivity contribution < 1.29 is 4.74 Å². The van der Waals surface area contributed by atoms with E-state index >= 15 is 0 Å². The van der Waals surface area contributed by atoms with E-state index in [9.17, 15) is 0 Å². The number of nitrogens with zero attached hydrogens (tertiary/aromatic N) is 2. The van der Waals surface area contributed by atoms with Gasteiger partial charge in [-0.05, 0) is 13.8 Å². The zero-order chi connectivity index (χ0) is 9.84. The first-order chi connectivity index (χ1) is 6.11. The van der Waals surface area contributed by atoms with Gasteiger partial charge >= 0.3 is 0 Å². The van der Waals surface area contributed by atoms with E-state index in [0.717, 1.165) is 0 Å². The van der Waals surface area contributed by atoms with Crippen molar-refractivity contribution in [2.45, 2.75) is 20.0 Å². The lowest BCUT2D eigenvalue weighted by Crippen LogP contribution is -2.09. The van der Waals surface area contributed by atoms with Gasteiger partial charge in [0.15, 0.2) is 6.10 Å². The molecular formula is C9H9ClN2O. The van der Waals surface area contributed by atoms with Crippen molar-refractivity contribution in [3.05, 3.63) is 17.0 Å². The average Bonchev–Trinajstić information content (AvgIpc) is 2.02. The summed E-state index contributed by atoms with van der Waals surface area (Å²) >= 11 is 5.69. The molecule has 0 aliphatic carbocycles. The first-order valence-corrected chi connectivity index (χ1v) is 4.13. The monoisotopic (exact) mass is 196 g/mol. The van der Waals surface area contributed by atoms with E-state index in [1.54, 1.807) is 13.8 Å². The number of hydrogen-bond donors (Lipinski definition) is 0. The summed E-state index contributed by atoms with van der Waals surface area (Å²) in [6.45, 7) is 3.49. The fraction of sp³-hybridized carbons (Fsp3) is 0.333. The first kappa shape index (κ1) is 9.82. The number of halogens is 1. The Hall–Kier alpha value is -1.27. The average molecular weight is 197 g/mol. The number of ether oxygens (including phenoxy) is 1. The highest BCUT2D eigenvalue weighted by Gasteiger charge is 2.03. The van der Waals surface area contributed by atoms with Crippen LogP contribution >= 0.6 is 11.6 Å². The van der Waals surface area contributed by atoms with Crippen molar-refractivity contribution in [2.75, 3.05) is 0 Å². The molecule has 1 aromatic heterocycles. The van der Waals surface area contributed by atoms with Crippen molar-refractivity contribution in [1.82, 2.24) is 9.97 Å². The molecule has 1 heterocycles. The molecule has 68 valence electrons. The van der Waals surface area contributed by atoms with Gasteiger partial charge in [0.05, 0.1) is 0 Å². The fourth-order valence-corrected chi connectivity index (χ4v) is 0.997. The van der Waals surface area contributed by atoms with Gasteiger partial charge in [0.25, 0.3) is 0 Å². The zero-order valence-corrected chi connectivity index (χ0v) is 8.17. The third-order valence-electron chi connectivity index (χ3n) is 1.32. The van der Waals surface area contributed by atoms with E-state index < -0.39 is 0 Å². The van der Waals surface area contributed by atoms with E-state index in [1.165, 1.54) is 6.07 Å². The lowest BCUT2D eigenvalue weighted by atomic mass is 10.4. The van der Waals surface area contributed by atoms with Gasteiger partial charge in [0.1, 0.15) is 11.0 Å². The maximum absolute atomic E-state index is 5.69. The van der Waals surface area contributed by atoms with Crippen LogP contribution in [0.4, 0.5) is 0 Å². The molecule has 0 bridgehead atoms. The van der Waals surface area contributed by atoms with Crippen molar-refractivity contribution in [2.24, 2.45) is 0 Å². The highest BCUT2D eigenvalue weighted by Crippen LogP contribution is 2.14. The molecule has 4 heteroatoms. The van der Waals surface area contributed by atoms with Crippen LogP contribution in [-0.2, 0) is 0 Å². The SMILES string of the molecule is C#CC(C)Oc1cc(Cl)nc(C)n1. The molecule has 0 N–H and O–H groups in total. The minimum absolute atomic E-state index is 0.314. The number of hydrogen-bond acceptors (Lipinski definition) is 3. The van der Waals surface area contributed by atoms with E-state index in [0.29, 0.717) is 16.9 Å². The molecule has 1 unspecified atom stereocenters. The van der Waals surface area contributed by atoms with Gasteiger partial charge in [-0.2, -0.15) is 4.98 Å². The topological polar surface area (TPSA) is 35.0 Å². The van der Waals surface area contributed by atoms with Crippen LogP contribution in [0.3, 0.4) is 0 Å². The van der Waals surface area contributed by atoms with Crippen LogP contribution in [0, 0.1) is 19.3 Å². The van der Waals surface area contributed by atoms with Gasteiger partial charge in [-0.25, -0.2) is 4.98 Å². The maximum atomic E-state index is 5.69. The van der Waals surface area contributed by atoms with Crippen LogP contribution in [0.2, 0.25) is 5.15 Å². The summed E-state index contributed by atoms with van der Waals surface area (Å²) in [6.07, 6.45) is 4.83. The van der Waals surface area contributed by atoms with E-state index in [-0.39, 0.29) is 6.10 Å². The smallest absolute Gasteiger partial charge is 0.219 e. The van der Waals surface area contributed by atoms with Gasteiger partial charge < -0.3 is 4.74 Å². The number of aromatic nitrogens is 2. The van der Waals surface area contributed by atoms with Gasteiger partial charge in [0.2, 0.25) is 5.88 Å². The molecule has 0 amide bonds. The Labute approximate surface area is 82.1 Å². The number of terminal acetylenes is 1. The quantitative estimate of drug-likeness (QED) is 0.535. The van der Waals surface area contributed by atoms with Crippen molar-refractivity contribution in [3.8, 4) is 18.2 Å². The second-order valence-corrected chi connectivity index (χ2v) is 2.89. The third-order valence-corrected chi connectivity index (χ3v) is 1.51. The summed E-state index contributed by atoms with van der Waals surface area (Å²) in [5.74, 6) is 3.39. The predicted molar refractivity (Wildman–Crippen MR) is 50.7 cm³/mol. The van der Waals surface area contributed by atoms with Gasteiger partial charge in [-0.15, -0.1) is 6.42 Å². The van der Waals surface area contributed by atoms with Crippen LogP contribution in [0.15, 0.2) is 6.07 Å². The summed E-state index contributed by atoms with van der Waals surface area (Å²) in [7, 11) is 0. The number of aryl methyl sites for hydroxylation is 1. The Bertz CT molecular complexity index is 326. The summed E-state index contributed by atoms with van der Waals surface area (Å²) in [6, 6.07) is 1.53. The molecule has 3 nitrogen and oxygen atoms in total. The second kappa shape index (κ2) is 4.11. The fourth-order valence-electron chi connectivity index (χ4n) is 0.781. The normalized spacial score (nSPS) is 11.8. The molecule has 13 heavy (non-hydrogen) atoms. The summed E-state index contributed by atoms with van der Waals surface area (Å²) in [5.41, 5.74) is 0. The lowest BCUT2D eigenvalue weighted by molar-refractivity contribution is 0.267. The Morgan fingerprint density at radius 3 is 2.85 bits per heavy atom. The van der Waals surface area contributed by atoms with E-state index in [1.807, 2.05) is 0 Å². The zero-order valence-electron chi connectivity index (χ0n) is 7.41. The van der Waals surface area contributed by atoms with Crippen molar-refractivity contribution >= 4 is 11.6 Å². The minimum Gasteiger partial charge on any atom is -0.461 e. The van der Waals surface area contributed by atoms with Crippen LogP contribution < -0.4 is 4.74 Å². The maximum Gasteiger partial charge on any atom is 0.219 e. The Morgan fingerprint density at radius 2 is 2.31 bits per heavy atom. The van der Waals surface area contributed by atoms with E-state index in [2.05, 4.69) is 15.9 Å². The largest absolute Gasteiger partial charge is 0.461 e. The Balaban J connectivity index is 2.84. The molecule has 0 aromatic carbocycles. The molecule has 0 saturated carbocycles. The standard InChI is InChI=1S/C9H9ClN2O/c1-4-6(2)13-9-5-8(10)11-7(3)12-9/h1,5-6H,2-3H3.